The highest BCUT2D eigenvalue weighted by molar-refractivity contribution is 6.04. The molecule has 0 aromatic rings. The molecule has 4 nitrogen and oxygen atoms in total. The van der Waals surface area contributed by atoms with Crippen LogP contribution in [0.4, 0.5) is 0 Å². The Bertz CT molecular complexity index is 452. The lowest BCUT2D eigenvalue weighted by molar-refractivity contribution is 0.240. The Morgan fingerprint density at radius 2 is 2.21 bits per heavy atom. The summed E-state index contributed by atoms with van der Waals surface area (Å²) < 4.78 is 0. The Hall–Kier alpha value is -2.10. The smallest absolute Gasteiger partial charge is 0.201 e. The molecule has 14 heavy (non-hydrogen) atoms. The van der Waals surface area contributed by atoms with E-state index in [-0.39, 0.29) is 0 Å². The maximum Gasteiger partial charge on any atom is 0.201 e. The summed E-state index contributed by atoms with van der Waals surface area (Å²) in [4.78, 5) is 11.2. The molecule has 0 saturated carbocycles. The van der Waals surface area contributed by atoms with Crippen LogP contribution in [-0.2, 0) is 4.84 Å². The second-order valence-corrected chi connectivity index (χ2v) is 2.96. The number of hydrogen-bond donors (Lipinski definition) is 0. The number of hydrogen-bond acceptors (Lipinski definition) is 4. The minimum atomic E-state index is 0.677. The van der Waals surface area contributed by atoms with Crippen molar-refractivity contribution in [2.75, 3.05) is 0 Å². The molecule has 0 N–H and O–H groups in total. The van der Waals surface area contributed by atoms with Crippen LogP contribution in [0.3, 0.4) is 0 Å². The molecular formula is C10H7N3O. The summed E-state index contributed by atoms with van der Waals surface area (Å²) in [6, 6.07) is 0. The summed E-state index contributed by atoms with van der Waals surface area (Å²) >= 11 is 0. The molecule has 0 aromatic carbocycles. The van der Waals surface area contributed by atoms with Gasteiger partial charge in [-0.25, -0.2) is 4.99 Å². The van der Waals surface area contributed by atoms with Crippen LogP contribution in [0, 0.1) is 0 Å². The van der Waals surface area contributed by atoms with Crippen LogP contribution in [0.5, 0.6) is 0 Å². The predicted molar refractivity (Wildman–Crippen MR) is 53.3 cm³/mol. The van der Waals surface area contributed by atoms with Gasteiger partial charge in [0.05, 0.1) is 0 Å². The number of amidine groups is 1. The highest BCUT2D eigenvalue weighted by atomic mass is 16.6. The van der Waals surface area contributed by atoms with E-state index in [0.29, 0.717) is 5.76 Å². The van der Waals surface area contributed by atoms with Crippen molar-refractivity contribution in [1.29, 1.82) is 0 Å². The fourth-order valence-electron chi connectivity index (χ4n) is 1.50. The monoisotopic (exact) mass is 185 g/mol. The second-order valence-electron chi connectivity index (χ2n) is 2.96. The number of fused-ring (bicyclic) bond motifs is 3. The largest absolute Gasteiger partial charge is 0.351 e. The first kappa shape index (κ1) is 7.32. The zero-order chi connectivity index (χ0) is 9.38. The van der Waals surface area contributed by atoms with E-state index in [0.717, 1.165) is 11.5 Å². The molecule has 3 heterocycles. The number of rotatable bonds is 0. The van der Waals surface area contributed by atoms with E-state index < -0.39 is 0 Å². The first-order valence-electron chi connectivity index (χ1n) is 4.28. The molecule has 3 aliphatic heterocycles. The number of aliphatic imine (C=N–C) groups is 1. The van der Waals surface area contributed by atoms with Gasteiger partial charge in [-0.2, -0.15) is 0 Å². The maximum absolute atomic E-state index is 5.09. The third-order valence-corrected chi connectivity index (χ3v) is 2.12. The average molecular weight is 185 g/mol. The van der Waals surface area contributed by atoms with Gasteiger partial charge in [-0.1, -0.05) is 11.2 Å². The third kappa shape index (κ3) is 0.939. The molecule has 0 atom stereocenters. The van der Waals surface area contributed by atoms with Crippen LogP contribution in [0.1, 0.15) is 0 Å². The van der Waals surface area contributed by atoms with E-state index in [1.807, 2.05) is 41.5 Å². The Kier molecular flexibility index (Phi) is 1.41. The fourth-order valence-corrected chi connectivity index (χ4v) is 1.50. The predicted octanol–water partition coefficient (Wildman–Crippen LogP) is 1.53. The van der Waals surface area contributed by atoms with Crippen molar-refractivity contribution in [3.8, 4) is 0 Å². The second kappa shape index (κ2) is 2.70. The van der Waals surface area contributed by atoms with E-state index in [9.17, 15) is 0 Å². The molecule has 0 saturated heterocycles. The molecule has 0 amide bonds. The quantitative estimate of drug-likeness (QED) is 0.573. The van der Waals surface area contributed by atoms with Crippen molar-refractivity contribution in [2.24, 2.45) is 10.1 Å². The van der Waals surface area contributed by atoms with Gasteiger partial charge in [-0.3, -0.25) is 4.90 Å². The van der Waals surface area contributed by atoms with E-state index >= 15 is 0 Å². The van der Waals surface area contributed by atoms with E-state index in [1.54, 1.807) is 0 Å². The van der Waals surface area contributed by atoms with Crippen molar-refractivity contribution in [1.82, 2.24) is 4.90 Å². The SMILES string of the molecule is C1=CC2=CC=C3ON=CN=C3N2C=C1. The van der Waals surface area contributed by atoms with Gasteiger partial charge in [0.15, 0.2) is 12.2 Å². The zero-order valence-electron chi connectivity index (χ0n) is 7.29. The van der Waals surface area contributed by atoms with Crippen molar-refractivity contribution >= 4 is 12.2 Å². The lowest BCUT2D eigenvalue weighted by Gasteiger charge is -2.28. The van der Waals surface area contributed by atoms with Crippen LogP contribution in [-0.4, -0.2) is 17.1 Å². The fraction of sp³-hybridized carbons (Fsp3) is 0. The van der Waals surface area contributed by atoms with Gasteiger partial charge in [-0.15, -0.1) is 0 Å². The topological polar surface area (TPSA) is 37.2 Å². The molecular weight excluding hydrogens is 178 g/mol. The van der Waals surface area contributed by atoms with Crippen molar-refractivity contribution in [3.63, 3.8) is 0 Å². The average Bonchev–Trinajstić information content (AvgIpc) is 2.29. The number of nitrogens with zero attached hydrogens (tertiary/aromatic N) is 3. The summed E-state index contributed by atoms with van der Waals surface area (Å²) in [6.45, 7) is 0. The minimum absolute atomic E-state index is 0.677. The summed E-state index contributed by atoms with van der Waals surface area (Å²) in [6.07, 6.45) is 13.1. The minimum Gasteiger partial charge on any atom is -0.351 e. The first-order chi connectivity index (χ1) is 6.95. The normalized spacial score (nSPS) is 21.7. The van der Waals surface area contributed by atoms with Crippen LogP contribution < -0.4 is 0 Å². The molecule has 68 valence electrons. The summed E-state index contributed by atoms with van der Waals surface area (Å²) in [5.74, 6) is 1.45. The van der Waals surface area contributed by atoms with Gasteiger partial charge in [0, 0.05) is 11.9 Å². The summed E-state index contributed by atoms with van der Waals surface area (Å²) in [5.41, 5.74) is 1.08. The molecule has 0 radical (unpaired) electrons. The van der Waals surface area contributed by atoms with Crippen molar-refractivity contribution < 1.29 is 4.84 Å². The van der Waals surface area contributed by atoms with Crippen LogP contribution in [0.2, 0.25) is 0 Å². The van der Waals surface area contributed by atoms with Gasteiger partial charge in [-0.05, 0) is 24.3 Å². The van der Waals surface area contributed by atoms with E-state index in [2.05, 4.69) is 10.1 Å². The maximum atomic E-state index is 5.09. The van der Waals surface area contributed by atoms with Crippen LogP contribution in [0.25, 0.3) is 0 Å². The Labute approximate surface area is 80.9 Å². The molecule has 0 aromatic heterocycles. The lowest BCUT2D eigenvalue weighted by atomic mass is 10.1. The highest BCUT2D eigenvalue weighted by Gasteiger charge is 2.23. The van der Waals surface area contributed by atoms with E-state index in [4.69, 9.17) is 4.84 Å². The Morgan fingerprint density at radius 3 is 3.21 bits per heavy atom. The summed E-state index contributed by atoms with van der Waals surface area (Å²) in [5, 5.41) is 3.62. The van der Waals surface area contributed by atoms with E-state index in [1.165, 1.54) is 6.34 Å². The van der Waals surface area contributed by atoms with Crippen molar-refractivity contribution in [2.45, 2.75) is 0 Å². The molecule has 3 aliphatic rings. The standard InChI is InChI=1S/C10H7N3O/c1-2-6-13-8(3-1)4-5-9-10(13)11-7-12-14-9/h1-7H. The zero-order valence-corrected chi connectivity index (χ0v) is 7.29. The van der Waals surface area contributed by atoms with Gasteiger partial charge >= 0.3 is 0 Å². The molecule has 0 bridgehead atoms. The number of oxime groups is 1. The Balaban J connectivity index is 2.12. The van der Waals surface area contributed by atoms with Gasteiger partial charge in [0.1, 0.15) is 0 Å². The van der Waals surface area contributed by atoms with Crippen molar-refractivity contribution in [3.05, 3.63) is 48.0 Å². The van der Waals surface area contributed by atoms with Gasteiger partial charge < -0.3 is 4.84 Å². The van der Waals surface area contributed by atoms with Gasteiger partial charge in [0.25, 0.3) is 0 Å². The highest BCUT2D eigenvalue weighted by Crippen LogP contribution is 2.23. The molecule has 3 rings (SSSR count). The molecule has 0 spiro atoms. The molecule has 0 fully saturated rings. The molecule has 4 heteroatoms. The van der Waals surface area contributed by atoms with Crippen LogP contribution >= 0.6 is 0 Å². The lowest BCUT2D eigenvalue weighted by Crippen LogP contribution is -2.31. The number of allylic oxidation sites excluding steroid dienone is 5. The van der Waals surface area contributed by atoms with Crippen LogP contribution in [0.15, 0.2) is 58.2 Å². The third-order valence-electron chi connectivity index (χ3n) is 2.12. The first-order valence-corrected chi connectivity index (χ1v) is 4.28. The van der Waals surface area contributed by atoms with Gasteiger partial charge in [0.2, 0.25) is 5.76 Å². The summed E-state index contributed by atoms with van der Waals surface area (Å²) in [7, 11) is 0. The Morgan fingerprint density at radius 1 is 1.21 bits per heavy atom. The molecule has 0 aliphatic carbocycles. The molecule has 0 unspecified atom stereocenters.